The van der Waals surface area contributed by atoms with E-state index in [0.717, 1.165) is 30.6 Å². The van der Waals surface area contributed by atoms with Crippen LogP contribution in [-0.2, 0) is 6.42 Å². The Morgan fingerprint density at radius 3 is 2.84 bits per heavy atom. The molecule has 1 saturated heterocycles. The quantitative estimate of drug-likeness (QED) is 0.314. The molecule has 2 aliphatic rings. The lowest BCUT2D eigenvalue weighted by molar-refractivity contribution is 0.169. The average molecular weight is 443 g/mol. The molecule has 2 fully saturated rings. The molecule has 0 spiro atoms. The largest absolute Gasteiger partial charge is 0.340 e. The van der Waals surface area contributed by atoms with E-state index in [0.29, 0.717) is 22.4 Å². The van der Waals surface area contributed by atoms with Crippen molar-refractivity contribution in [2.45, 2.75) is 25.7 Å². The molecule has 3 heterocycles. The second-order valence-corrected chi connectivity index (χ2v) is 8.87. The van der Waals surface area contributed by atoms with E-state index in [9.17, 15) is 9.60 Å². The van der Waals surface area contributed by atoms with Gasteiger partial charge in [-0.3, -0.25) is 10.7 Å². The van der Waals surface area contributed by atoms with E-state index in [1.165, 1.54) is 50.6 Å². The van der Waals surface area contributed by atoms with Gasteiger partial charge in [0.15, 0.2) is 11.5 Å². The van der Waals surface area contributed by atoms with Gasteiger partial charge in [0.05, 0.1) is 16.2 Å². The topological polar surface area (TPSA) is 89.4 Å². The van der Waals surface area contributed by atoms with E-state index in [1.807, 2.05) is 0 Å². The summed E-state index contributed by atoms with van der Waals surface area (Å²) in [5.74, 6) is 2.24. The first-order valence-corrected chi connectivity index (χ1v) is 11.0. The van der Waals surface area contributed by atoms with Gasteiger partial charge < -0.3 is 9.88 Å². The first-order chi connectivity index (χ1) is 15.1. The summed E-state index contributed by atoms with van der Waals surface area (Å²) in [6.07, 6.45) is 6.56. The lowest BCUT2D eigenvalue weighted by atomic mass is 9.99. The summed E-state index contributed by atoms with van der Waals surface area (Å²) in [5.41, 5.74) is 4.40. The van der Waals surface area contributed by atoms with Crippen LogP contribution in [0, 0.1) is 17.7 Å². The van der Waals surface area contributed by atoms with E-state index >= 15 is 0 Å². The molecule has 0 amide bonds. The third-order valence-corrected chi connectivity index (χ3v) is 6.58. The first-order valence-electron chi connectivity index (χ1n) is 10.6. The Kier molecular flexibility index (Phi) is 5.60. The number of aliphatic imine (C=N–C) groups is 1. The second-order valence-electron chi connectivity index (χ2n) is 8.47. The molecule has 2 bridgehead atoms. The van der Waals surface area contributed by atoms with Crippen molar-refractivity contribution in [2.24, 2.45) is 16.8 Å². The lowest BCUT2D eigenvalue weighted by Gasteiger charge is -2.31. The van der Waals surface area contributed by atoms with Gasteiger partial charge in [-0.25, -0.2) is 19.4 Å². The average Bonchev–Trinajstić information content (AvgIpc) is 3.35. The van der Waals surface area contributed by atoms with Crippen LogP contribution in [0.1, 0.15) is 30.7 Å². The van der Waals surface area contributed by atoms with Gasteiger partial charge in [-0.1, -0.05) is 11.6 Å². The van der Waals surface area contributed by atoms with Crippen LogP contribution in [-0.4, -0.2) is 50.5 Å². The number of nitrogens with one attached hydrogen (secondary N) is 2. The van der Waals surface area contributed by atoms with Crippen molar-refractivity contribution in [3.63, 3.8) is 0 Å². The maximum absolute atomic E-state index is 13.4. The predicted octanol–water partition coefficient (Wildman–Crippen LogP) is 4.08. The highest BCUT2D eigenvalue weighted by Gasteiger charge is 2.32. The van der Waals surface area contributed by atoms with Gasteiger partial charge in [0, 0.05) is 37.8 Å². The number of halogens is 2. The third kappa shape index (κ3) is 4.28. The Balaban J connectivity index is 1.38. The normalized spacial score (nSPS) is 21.7. The number of aromatic amines is 1. The highest BCUT2D eigenvalue weighted by atomic mass is 35.5. The Labute approximate surface area is 184 Å². The molecule has 7 nitrogen and oxygen atoms in total. The van der Waals surface area contributed by atoms with Crippen LogP contribution in [0.2, 0.25) is 5.02 Å². The fourth-order valence-electron chi connectivity index (χ4n) is 4.87. The van der Waals surface area contributed by atoms with E-state index in [1.54, 1.807) is 12.3 Å². The van der Waals surface area contributed by atoms with Crippen LogP contribution in [0.4, 0.5) is 10.1 Å². The van der Waals surface area contributed by atoms with E-state index in [4.69, 9.17) is 11.6 Å². The predicted molar refractivity (Wildman–Crippen MR) is 117 cm³/mol. The van der Waals surface area contributed by atoms with Gasteiger partial charge in [-0.2, -0.15) is 0 Å². The third-order valence-electron chi connectivity index (χ3n) is 6.29. The number of hydroxylamine groups is 1. The zero-order valence-corrected chi connectivity index (χ0v) is 17.7. The molecule has 0 radical (unpaired) electrons. The van der Waals surface area contributed by atoms with Gasteiger partial charge in [-0.05, 0) is 55.4 Å². The number of H-pyrrole nitrogens is 1. The minimum atomic E-state index is -0.523. The molecule has 2 aromatic heterocycles. The van der Waals surface area contributed by atoms with Crippen molar-refractivity contribution >= 4 is 34.3 Å². The Hall–Kier alpha value is -2.55. The number of imidazole rings is 1. The fourth-order valence-corrected chi connectivity index (χ4v) is 5.04. The number of likely N-dealkylation sites (tertiary alicyclic amines) is 1. The summed E-state index contributed by atoms with van der Waals surface area (Å²) in [4.78, 5) is 19.2. The van der Waals surface area contributed by atoms with E-state index < -0.39 is 5.82 Å². The van der Waals surface area contributed by atoms with E-state index in [2.05, 4.69) is 30.3 Å². The highest BCUT2D eigenvalue weighted by molar-refractivity contribution is 6.31. The molecule has 3 aromatic rings. The number of hydrogen-bond donors (Lipinski definition) is 3. The van der Waals surface area contributed by atoms with Gasteiger partial charge in [0.2, 0.25) is 0 Å². The summed E-state index contributed by atoms with van der Waals surface area (Å²) in [7, 11) is 0. The smallest absolute Gasteiger partial charge is 0.178 e. The standard InChI is InChI=1S/C22H24ClFN6O/c23-17-10-15(3-4-18(17)24)26-21(29-31)16-5-7-25-22-20(16)27-19(28-22)6-8-30-11-13-1-2-14(9-13)12-30/h3-5,7,10,13-14,31H,1-2,6,8-9,11-12H2,(H,26,29)(H,25,27,28). The van der Waals surface area contributed by atoms with Crippen LogP contribution < -0.4 is 5.48 Å². The number of aromatic nitrogens is 3. The van der Waals surface area contributed by atoms with Crippen molar-refractivity contribution in [1.29, 1.82) is 0 Å². The van der Waals surface area contributed by atoms with Crippen molar-refractivity contribution < 1.29 is 9.60 Å². The van der Waals surface area contributed by atoms with Gasteiger partial charge in [0.25, 0.3) is 0 Å². The molecule has 9 heteroatoms. The first kappa shape index (κ1) is 20.4. The number of pyridine rings is 1. The van der Waals surface area contributed by atoms with Crippen molar-refractivity contribution in [1.82, 2.24) is 25.3 Å². The molecule has 31 heavy (non-hydrogen) atoms. The molecule has 2 unspecified atom stereocenters. The second kappa shape index (κ2) is 8.53. The summed E-state index contributed by atoms with van der Waals surface area (Å²) in [5, 5.41) is 9.68. The molecule has 2 atom stereocenters. The minimum absolute atomic E-state index is 0.0339. The van der Waals surface area contributed by atoms with Crippen LogP contribution in [0.15, 0.2) is 35.5 Å². The van der Waals surface area contributed by atoms with Crippen LogP contribution in [0.3, 0.4) is 0 Å². The molecular formula is C22H24ClFN6O. The molecule has 1 aliphatic heterocycles. The Morgan fingerprint density at radius 2 is 2.10 bits per heavy atom. The summed E-state index contributed by atoms with van der Waals surface area (Å²) < 4.78 is 13.4. The SMILES string of the molecule is ONC(=Nc1ccc(F)c(Cl)c1)c1ccnc2nc(CCN3CC4CCC(C4)C3)[nH]c12. The molecule has 3 N–H and O–H groups in total. The lowest BCUT2D eigenvalue weighted by Crippen LogP contribution is -2.37. The number of piperidine rings is 1. The number of hydrogen-bond acceptors (Lipinski definition) is 5. The summed E-state index contributed by atoms with van der Waals surface area (Å²) >= 11 is 5.85. The molecular weight excluding hydrogens is 419 g/mol. The zero-order chi connectivity index (χ0) is 21.4. The maximum atomic E-state index is 13.4. The van der Waals surface area contributed by atoms with E-state index in [-0.39, 0.29) is 10.9 Å². The van der Waals surface area contributed by atoms with Crippen LogP contribution >= 0.6 is 11.6 Å². The van der Waals surface area contributed by atoms with Crippen molar-refractivity contribution in [3.8, 4) is 0 Å². The molecule has 1 saturated carbocycles. The molecule has 5 rings (SSSR count). The summed E-state index contributed by atoms with van der Waals surface area (Å²) in [6, 6.07) is 5.86. The number of rotatable bonds is 5. The molecule has 162 valence electrons. The zero-order valence-electron chi connectivity index (χ0n) is 17.0. The van der Waals surface area contributed by atoms with Gasteiger partial charge in [0.1, 0.15) is 11.6 Å². The van der Waals surface area contributed by atoms with Crippen LogP contribution in [0.25, 0.3) is 11.2 Å². The van der Waals surface area contributed by atoms with Gasteiger partial charge >= 0.3 is 0 Å². The Morgan fingerprint density at radius 1 is 1.29 bits per heavy atom. The number of nitrogens with zero attached hydrogens (tertiary/aromatic N) is 4. The highest BCUT2D eigenvalue weighted by Crippen LogP contribution is 2.36. The molecule has 1 aromatic carbocycles. The fraction of sp³-hybridized carbons (Fsp3) is 0.409. The van der Waals surface area contributed by atoms with Crippen molar-refractivity contribution in [3.05, 3.63) is 52.7 Å². The number of fused-ring (bicyclic) bond motifs is 3. The van der Waals surface area contributed by atoms with Crippen molar-refractivity contribution in [2.75, 3.05) is 19.6 Å². The maximum Gasteiger partial charge on any atom is 0.178 e. The minimum Gasteiger partial charge on any atom is -0.340 e. The number of benzene rings is 1. The number of amidine groups is 1. The van der Waals surface area contributed by atoms with Gasteiger partial charge in [-0.15, -0.1) is 0 Å². The Bertz CT molecular complexity index is 1120. The monoisotopic (exact) mass is 442 g/mol. The molecule has 1 aliphatic carbocycles. The summed E-state index contributed by atoms with van der Waals surface area (Å²) in [6.45, 7) is 3.34. The van der Waals surface area contributed by atoms with Crippen LogP contribution in [0.5, 0.6) is 0 Å².